The molecule has 3 nitrogen and oxygen atoms in total. The highest BCUT2D eigenvalue weighted by atomic mass is 32.2. The fraction of sp³-hybridized carbons (Fsp3) is 0.600. The molecule has 1 fully saturated rings. The summed E-state index contributed by atoms with van der Waals surface area (Å²) in [7, 11) is 2.09. The third-order valence-electron chi connectivity index (χ3n) is 3.50. The Bertz CT molecular complexity index is 411. The van der Waals surface area contributed by atoms with Crippen LogP contribution >= 0.6 is 11.8 Å². The minimum absolute atomic E-state index is 0.590. The third-order valence-corrected chi connectivity index (χ3v) is 4.23. The molecule has 0 N–H and O–H groups in total. The monoisotopic (exact) mass is 316 g/mol. The summed E-state index contributed by atoms with van der Waals surface area (Å²) >= 11 is 0.590. The minimum atomic E-state index is -2.35. The van der Waals surface area contributed by atoms with E-state index >= 15 is 0 Å². The molecule has 0 amide bonds. The van der Waals surface area contributed by atoms with Gasteiger partial charge in [-0.05, 0) is 24.7 Å². The van der Waals surface area contributed by atoms with Gasteiger partial charge in [-0.25, -0.2) is 0 Å². The van der Waals surface area contributed by atoms with Gasteiger partial charge in [-0.3, -0.25) is 4.90 Å². The van der Waals surface area contributed by atoms with Crippen molar-refractivity contribution >= 4 is 11.8 Å². The maximum atomic E-state index is 12.2. The first-order valence-corrected chi connectivity index (χ1v) is 8.04. The van der Waals surface area contributed by atoms with E-state index in [9.17, 15) is 8.78 Å². The third kappa shape index (κ3) is 6.30. The van der Waals surface area contributed by atoms with Gasteiger partial charge in [0.2, 0.25) is 0 Å². The molecule has 0 saturated carbocycles. The van der Waals surface area contributed by atoms with Crippen LogP contribution in [0.25, 0.3) is 0 Å². The van der Waals surface area contributed by atoms with E-state index in [-0.39, 0.29) is 0 Å². The number of morpholine rings is 1. The predicted molar refractivity (Wildman–Crippen MR) is 81.9 cm³/mol. The summed E-state index contributed by atoms with van der Waals surface area (Å²) in [4.78, 5) is 5.28. The van der Waals surface area contributed by atoms with Crippen molar-refractivity contribution in [1.29, 1.82) is 0 Å². The maximum absolute atomic E-state index is 12.2. The van der Waals surface area contributed by atoms with Gasteiger partial charge in [0.15, 0.2) is 0 Å². The fourth-order valence-electron chi connectivity index (χ4n) is 2.30. The van der Waals surface area contributed by atoms with Gasteiger partial charge in [-0.15, -0.1) is 0 Å². The zero-order valence-corrected chi connectivity index (χ0v) is 13.1. The molecule has 21 heavy (non-hydrogen) atoms. The highest BCUT2D eigenvalue weighted by molar-refractivity contribution is 7.99. The molecule has 0 bridgehead atoms. The Labute approximate surface area is 129 Å². The summed E-state index contributed by atoms with van der Waals surface area (Å²) in [5.74, 6) is -2.35. The van der Waals surface area contributed by atoms with Gasteiger partial charge in [0, 0.05) is 37.6 Å². The average Bonchev–Trinajstić information content (AvgIpc) is 2.48. The average molecular weight is 316 g/mol. The number of alkyl halides is 2. The molecule has 118 valence electrons. The molecule has 1 aliphatic heterocycles. The topological polar surface area (TPSA) is 15.7 Å². The van der Waals surface area contributed by atoms with Gasteiger partial charge in [0.05, 0.1) is 13.2 Å². The van der Waals surface area contributed by atoms with Gasteiger partial charge < -0.3 is 9.64 Å². The molecule has 6 heteroatoms. The molecule has 1 aromatic carbocycles. The lowest BCUT2D eigenvalue weighted by molar-refractivity contribution is 0.0342. The number of ether oxygens (including phenoxy) is 1. The van der Waals surface area contributed by atoms with Crippen LogP contribution in [0.1, 0.15) is 5.56 Å². The van der Waals surface area contributed by atoms with Crippen molar-refractivity contribution in [3.8, 4) is 0 Å². The lowest BCUT2D eigenvalue weighted by Crippen LogP contribution is -2.40. The second kappa shape index (κ2) is 8.68. The van der Waals surface area contributed by atoms with E-state index < -0.39 is 5.76 Å². The summed E-state index contributed by atoms with van der Waals surface area (Å²) in [6.45, 7) is 6.54. The molecule has 0 atom stereocenters. The van der Waals surface area contributed by atoms with Crippen LogP contribution in [0.2, 0.25) is 0 Å². The minimum Gasteiger partial charge on any atom is -0.379 e. The molecule has 0 spiro atoms. The number of benzene rings is 1. The van der Waals surface area contributed by atoms with Gasteiger partial charge in [0.25, 0.3) is 5.76 Å². The van der Waals surface area contributed by atoms with Crippen LogP contribution in [0.3, 0.4) is 0 Å². The van der Waals surface area contributed by atoms with E-state index in [0.29, 0.717) is 16.7 Å². The molecule has 0 aromatic heterocycles. The standard InChI is InChI=1S/C15H22F2N2OS/c1-18(6-7-19-8-10-20-11-9-19)12-13-2-4-14(5-3-13)21-15(16)17/h2-5,15H,6-12H2,1H3. The van der Waals surface area contributed by atoms with Crippen molar-refractivity contribution < 1.29 is 13.5 Å². The van der Waals surface area contributed by atoms with Crippen molar-refractivity contribution in [3.05, 3.63) is 29.8 Å². The van der Waals surface area contributed by atoms with Crippen LogP contribution in [0.15, 0.2) is 29.2 Å². The Kier molecular flexibility index (Phi) is 6.89. The van der Waals surface area contributed by atoms with Crippen LogP contribution in [0.5, 0.6) is 0 Å². The van der Waals surface area contributed by atoms with Crippen molar-refractivity contribution in [3.63, 3.8) is 0 Å². The fourth-order valence-corrected chi connectivity index (χ4v) is 2.80. The summed E-state index contributed by atoms with van der Waals surface area (Å²) in [6, 6.07) is 7.38. The highest BCUT2D eigenvalue weighted by Crippen LogP contribution is 2.25. The van der Waals surface area contributed by atoms with Crippen LogP contribution < -0.4 is 0 Å². The Morgan fingerprint density at radius 1 is 1.24 bits per heavy atom. The summed E-state index contributed by atoms with van der Waals surface area (Å²) in [5.41, 5.74) is 1.15. The van der Waals surface area contributed by atoms with Crippen molar-refractivity contribution in [1.82, 2.24) is 9.80 Å². The molecule has 2 rings (SSSR count). The predicted octanol–water partition coefficient (Wildman–Crippen LogP) is 2.77. The SMILES string of the molecule is CN(CCN1CCOCC1)Cc1ccc(SC(F)F)cc1. The Morgan fingerprint density at radius 3 is 2.52 bits per heavy atom. The van der Waals surface area contributed by atoms with E-state index in [4.69, 9.17) is 4.74 Å². The first-order valence-electron chi connectivity index (χ1n) is 7.16. The smallest absolute Gasteiger partial charge is 0.288 e. The first-order chi connectivity index (χ1) is 10.1. The van der Waals surface area contributed by atoms with E-state index in [2.05, 4.69) is 16.8 Å². The number of rotatable bonds is 7. The largest absolute Gasteiger partial charge is 0.379 e. The van der Waals surface area contributed by atoms with E-state index in [1.807, 2.05) is 12.1 Å². The number of likely N-dealkylation sites (N-methyl/N-ethyl adjacent to an activating group) is 1. The maximum Gasteiger partial charge on any atom is 0.288 e. The molecular weight excluding hydrogens is 294 g/mol. The number of hydrogen-bond donors (Lipinski definition) is 0. The van der Waals surface area contributed by atoms with Gasteiger partial charge in [-0.2, -0.15) is 8.78 Å². The summed E-state index contributed by atoms with van der Waals surface area (Å²) in [5, 5.41) is 0. The van der Waals surface area contributed by atoms with Crippen LogP contribution in [-0.2, 0) is 11.3 Å². The van der Waals surface area contributed by atoms with Gasteiger partial charge in [-0.1, -0.05) is 23.9 Å². The van der Waals surface area contributed by atoms with E-state index in [1.54, 1.807) is 12.1 Å². The van der Waals surface area contributed by atoms with Crippen LogP contribution in [0, 0.1) is 0 Å². The number of hydrogen-bond acceptors (Lipinski definition) is 4. The highest BCUT2D eigenvalue weighted by Gasteiger charge is 2.11. The lowest BCUT2D eigenvalue weighted by atomic mass is 10.2. The Hall–Kier alpha value is -0.690. The molecule has 1 heterocycles. The zero-order valence-electron chi connectivity index (χ0n) is 12.3. The number of thioether (sulfide) groups is 1. The van der Waals surface area contributed by atoms with Gasteiger partial charge >= 0.3 is 0 Å². The number of nitrogens with zero attached hydrogens (tertiary/aromatic N) is 2. The quantitative estimate of drug-likeness (QED) is 0.719. The normalized spacial score (nSPS) is 16.8. The van der Waals surface area contributed by atoms with Gasteiger partial charge in [0.1, 0.15) is 0 Å². The Morgan fingerprint density at radius 2 is 1.90 bits per heavy atom. The molecule has 0 radical (unpaired) electrons. The second-order valence-corrected chi connectivity index (χ2v) is 6.28. The molecule has 1 aromatic rings. The molecule has 1 aliphatic rings. The molecule has 0 aliphatic carbocycles. The zero-order chi connectivity index (χ0) is 15.1. The van der Waals surface area contributed by atoms with E-state index in [0.717, 1.165) is 51.5 Å². The van der Waals surface area contributed by atoms with Crippen LogP contribution in [0.4, 0.5) is 8.78 Å². The van der Waals surface area contributed by atoms with E-state index in [1.165, 1.54) is 0 Å². The first kappa shape index (κ1) is 16.7. The van der Waals surface area contributed by atoms with Crippen molar-refractivity contribution in [2.24, 2.45) is 0 Å². The summed E-state index contributed by atoms with van der Waals surface area (Å²) < 4.78 is 29.8. The molecule has 0 unspecified atom stereocenters. The molecular formula is C15H22F2N2OS. The Balaban J connectivity index is 1.72. The number of halogens is 2. The van der Waals surface area contributed by atoms with Crippen LogP contribution in [-0.4, -0.2) is 62.0 Å². The van der Waals surface area contributed by atoms with Crippen molar-refractivity contribution in [2.75, 3.05) is 46.4 Å². The summed E-state index contributed by atoms with van der Waals surface area (Å²) in [6.07, 6.45) is 0. The van der Waals surface area contributed by atoms with Crippen molar-refractivity contribution in [2.45, 2.75) is 17.2 Å². The lowest BCUT2D eigenvalue weighted by Gasteiger charge is -2.28. The second-order valence-electron chi connectivity index (χ2n) is 5.21. The molecule has 1 saturated heterocycles.